The van der Waals surface area contributed by atoms with E-state index in [-0.39, 0.29) is 10.8 Å². The number of aryl methyl sites for hydroxylation is 2. The van der Waals surface area contributed by atoms with Gasteiger partial charge in [-0.05, 0) is 79.8 Å². The number of amides is 1. The number of hydrogen-bond acceptors (Lipinski definition) is 3. The molecular weight excluding hydrogens is 568 g/mol. The van der Waals surface area contributed by atoms with Gasteiger partial charge in [0.05, 0.1) is 17.0 Å². The van der Waals surface area contributed by atoms with Gasteiger partial charge in [-0.3, -0.25) is 9.52 Å². The standard InChI is InChI=1S/C25H26Br2N2O3S/c1-16-4-7-21(8-5-16)33(31,32)29-24-9-6-19(12-17(24)2)10-11-28-25(30)15-20-13-22(26)18(3)23(27)14-20/h4-9,12-14,29H,10-11,15H2,1-3H3,(H,28,30). The fourth-order valence-corrected chi connectivity index (χ4v) is 5.72. The molecule has 33 heavy (non-hydrogen) atoms. The van der Waals surface area contributed by atoms with E-state index in [4.69, 9.17) is 0 Å². The number of hydrogen-bond donors (Lipinski definition) is 2. The number of rotatable bonds is 8. The van der Waals surface area contributed by atoms with Crippen molar-refractivity contribution in [2.24, 2.45) is 0 Å². The van der Waals surface area contributed by atoms with Crippen LogP contribution in [0.5, 0.6) is 0 Å². The van der Waals surface area contributed by atoms with Crippen LogP contribution in [0.3, 0.4) is 0 Å². The van der Waals surface area contributed by atoms with Crippen LogP contribution in [0.25, 0.3) is 0 Å². The van der Waals surface area contributed by atoms with Crippen molar-refractivity contribution in [2.75, 3.05) is 11.3 Å². The first-order valence-corrected chi connectivity index (χ1v) is 13.5. The van der Waals surface area contributed by atoms with Crippen molar-refractivity contribution in [1.82, 2.24) is 5.32 Å². The summed E-state index contributed by atoms with van der Waals surface area (Å²) >= 11 is 7.02. The third-order valence-electron chi connectivity index (χ3n) is 5.31. The Balaban J connectivity index is 1.56. The molecule has 0 atom stereocenters. The number of nitrogens with one attached hydrogen (secondary N) is 2. The van der Waals surface area contributed by atoms with E-state index in [1.807, 2.05) is 45.0 Å². The Kier molecular flexibility index (Phi) is 8.37. The molecular formula is C25H26Br2N2O3S. The Hall–Kier alpha value is -2.16. The van der Waals surface area contributed by atoms with Crippen LogP contribution in [0.2, 0.25) is 0 Å². The Morgan fingerprint density at radius 3 is 2.12 bits per heavy atom. The molecule has 1 amide bonds. The zero-order valence-electron chi connectivity index (χ0n) is 18.7. The highest BCUT2D eigenvalue weighted by atomic mass is 79.9. The third kappa shape index (κ3) is 6.91. The normalized spacial score (nSPS) is 11.3. The van der Waals surface area contributed by atoms with Crippen LogP contribution >= 0.6 is 31.9 Å². The molecule has 0 aromatic heterocycles. The summed E-state index contributed by atoms with van der Waals surface area (Å²) in [5.41, 5.74) is 5.41. The van der Waals surface area contributed by atoms with Crippen LogP contribution in [-0.4, -0.2) is 20.9 Å². The van der Waals surface area contributed by atoms with E-state index in [1.165, 1.54) is 0 Å². The molecule has 2 N–H and O–H groups in total. The van der Waals surface area contributed by atoms with Gasteiger partial charge in [0.25, 0.3) is 10.0 Å². The maximum absolute atomic E-state index is 12.6. The highest BCUT2D eigenvalue weighted by Gasteiger charge is 2.15. The molecule has 0 heterocycles. The zero-order chi connectivity index (χ0) is 24.2. The minimum absolute atomic E-state index is 0.0446. The summed E-state index contributed by atoms with van der Waals surface area (Å²) < 4.78 is 29.9. The quantitative estimate of drug-likeness (QED) is 0.344. The molecule has 0 aliphatic heterocycles. The molecule has 0 unspecified atom stereocenters. The topological polar surface area (TPSA) is 75.3 Å². The summed E-state index contributed by atoms with van der Waals surface area (Å²) in [6.07, 6.45) is 0.953. The second-order valence-electron chi connectivity index (χ2n) is 8.03. The highest BCUT2D eigenvalue weighted by molar-refractivity contribution is 9.11. The molecule has 174 valence electrons. The molecule has 8 heteroatoms. The lowest BCUT2D eigenvalue weighted by molar-refractivity contribution is -0.120. The lowest BCUT2D eigenvalue weighted by Crippen LogP contribution is -2.27. The second-order valence-corrected chi connectivity index (χ2v) is 11.4. The van der Waals surface area contributed by atoms with Gasteiger partial charge in [0.2, 0.25) is 5.91 Å². The number of carbonyl (C=O) groups excluding carboxylic acids is 1. The largest absolute Gasteiger partial charge is 0.355 e. The van der Waals surface area contributed by atoms with Crippen molar-refractivity contribution in [1.29, 1.82) is 0 Å². The Morgan fingerprint density at radius 1 is 0.879 bits per heavy atom. The first-order chi connectivity index (χ1) is 15.5. The van der Waals surface area contributed by atoms with E-state index in [9.17, 15) is 13.2 Å². The summed E-state index contributed by atoms with van der Waals surface area (Å²) in [4.78, 5) is 12.6. The van der Waals surface area contributed by atoms with E-state index < -0.39 is 10.0 Å². The van der Waals surface area contributed by atoms with Gasteiger partial charge in [-0.2, -0.15) is 0 Å². The number of sulfonamides is 1. The summed E-state index contributed by atoms with van der Waals surface area (Å²) in [5.74, 6) is -0.0446. The number of halogens is 2. The fraction of sp³-hybridized carbons (Fsp3) is 0.240. The maximum atomic E-state index is 12.6. The van der Waals surface area contributed by atoms with E-state index in [1.54, 1.807) is 30.3 Å². The molecule has 0 radical (unpaired) electrons. The van der Waals surface area contributed by atoms with Crippen LogP contribution in [0.1, 0.15) is 27.8 Å². The van der Waals surface area contributed by atoms with Crippen LogP contribution in [0.4, 0.5) is 5.69 Å². The number of benzene rings is 3. The van der Waals surface area contributed by atoms with Crippen molar-refractivity contribution in [3.63, 3.8) is 0 Å². The minimum atomic E-state index is -3.65. The summed E-state index contributed by atoms with van der Waals surface area (Å²) in [5, 5.41) is 2.95. The molecule has 5 nitrogen and oxygen atoms in total. The van der Waals surface area contributed by atoms with Gasteiger partial charge < -0.3 is 5.32 Å². The first kappa shape index (κ1) is 25.5. The van der Waals surface area contributed by atoms with Crippen LogP contribution in [0, 0.1) is 20.8 Å². The molecule has 3 aromatic carbocycles. The Labute approximate surface area is 212 Å². The van der Waals surface area contributed by atoms with Gasteiger partial charge in [0.1, 0.15) is 0 Å². The van der Waals surface area contributed by atoms with Crippen LogP contribution < -0.4 is 10.0 Å². The van der Waals surface area contributed by atoms with Gasteiger partial charge in [-0.25, -0.2) is 8.42 Å². The highest BCUT2D eigenvalue weighted by Crippen LogP contribution is 2.26. The minimum Gasteiger partial charge on any atom is -0.355 e. The molecule has 3 rings (SSSR count). The third-order valence-corrected chi connectivity index (χ3v) is 8.34. The molecule has 0 aliphatic rings. The monoisotopic (exact) mass is 592 g/mol. The molecule has 0 aliphatic carbocycles. The van der Waals surface area contributed by atoms with Gasteiger partial charge in [0.15, 0.2) is 0 Å². The van der Waals surface area contributed by atoms with Crippen LogP contribution in [0.15, 0.2) is 68.4 Å². The van der Waals surface area contributed by atoms with E-state index >= 15 is 0 Å². The Morgan fingerprint density at radius 2 is 1.52 bits per heavy atom. The van der Waals surface area contributed by atoms with E-state index in [0.717, 1.165) is 36.8 Å². The average Bonchev–Trinajstić information content (AvgIpc) is 2.74. The molecule has 0 saturated carbocycles. The Bertz CT molecular complexity index is 1250. The van der Waals surface area contributed by atoms with Gasteiger partial charge in [-0.15, -0.1) is 0 Å². The smallest absolute Gasteiger partial charge is 0.261 e. The van der Waals surface area contributed by atoms with Crippen molar-refractivity contribution >= 4 is 53.5 Å². The second kappa shape index (κ2) is 10.8. The summed E-state index contributed by atoms with van der Waals surface area (Å²) in [6, 6.07) is 16.2. The number of carbonyl (C=O) groups is 1. The van der Waals surface area contributed by atoms with Crippen molar-refractivity contribution in [3.05, 3.63) is 91.4 Å². The SMILES string of the molecule is Cc1ccc(S(=O)(=O)Nc2ccc(CCNC(=O)Cc3cc(Br)c(C)c(Br)c3)cc2C)cc1. The fourth-order valence-electron chi connectivity index (χ4n) is 3.31. The average molecular weight is 594 g/mol. The van der Waals surface area contributed by atoms with Gasteiger partial charge in [0, 0.05) is 15.5 Å². The predicted molar refractivity (Wildman–Crippen MR) is 140 cm³/mol. The lowest BCUT2D eigenvalue weighted by Gasteiger charge is -2.13. The summed E-state index contributed by atoms with van der Waals surface area (Å²) in [7, 11) is -3.65. The van der Waals surface area contributed by atoms with E-state index in [2.05, 4.69) is 41.9 Å². The zero-order valence-corrected chi connectivity index (χ0v) is 22.7. The summed E-state index contributed by atoms with van der Waals surface area (Å²) in [6.45, 7) is 6.28. The van der Waals surface area contributed by atoms with Crippen molar-refractivity contribution < 1.29 is 13.2 Å². The molecule has 0 spiro atoms. The van der Waals surface area contributed by atoms with Gasteiger partial charge in [-0.1, -0.05) is 61.7 Å². The maximum Gasteiger partial charge on any atom is 0.261 e. The number of anilines is 1. The first-order valence-electron chi connectivity index (χ1n) is 10.5. The predicted octanol–water partition coefficient (Wildman–Crippen LogP) is 5.84. The molecule has 0 fully saturated rings. The van der Waals surface area contributed by atoms with Gasteiger partial charge >= 0.3 is 0 Å². The van der Waals surface area contributed by atoms with E-state index in [0.29, 0.717) is 25.1 Å². The molecule has 0 bridgehead atoms. The van der Waals surface area contributed by atoms with Crippen LogP contribution in [-0.2, 0) is 27.7 Å². The van der Waals surface area contributed by atoms with Crippen molar-refractivity contribution in [3.8, 4) is 0 Å². The lowest BCUT2D eigenvalue weighted by atomic mass is 10.1. The molecule has 3 aromatic rings. The van der Waals surface area contributed by atoms with Crippen molar-refractivity contribution in [2.45, 2.75) is 38.5 Å². The molecule has 0 saturated heterocycles.